The van der Waals surface area contributed by atoms with E-state index >= 15 is 0 Å². The molecule has 0 amide bonds. The van der Waals surface area contributed by atoms with Crippen LogP contribution < -0.4 is 0 Å². The number of aromatic nitrogens is 1. The Morgan fingerprint density at radius 1 is 1.40 bits per heavy atom. The minimum Gasteiger partial charge on any atom is -0.498 e. The predicted octanol–water partition coefficient (Wildman–Crippen LogP) is 3.64. The molecule has 4 nitrogen and oxygen atoms in total. The summed E-state index contributed by atoms with van der Waals surface area (Å²) in [5.74, 6) is 1.79. The van der Waals surface area contributed by atoms with E-state index in [1.165, 1.54) is 22.0 Å². The lowest BCUT2D eigenvalue weighted by atomic mass is 9.72. The van der Waals surface area contributed by atoms with E-state index in [0.717, 1.165) is 25.1 Å². The second-order valence-electron chi connectivity index (χ2n) is 7.68. The first-order valence-corrected chi connectivity index (χ1v) is 9.13. The quantitative estimate of drug-likeness (QED) is 0.684. The number of piperidine rings is 1. The number of allylic oxidation sites excluding steroid dienone is 2. The molecule has 1 saturated heterocycles. The second-order valence-corrected chi connectivity index (χ2v) is 7.68. The van der Waals surface area contributed by atoms with Crippen molar-refractivity contribution < 1.29 is 9.53 Å². The van der Waals surface area contributed by atoms with E-state index < -0.39 is 0 Å². The van der Waals surface area contributed by atoms with Gasteiger partial charge in [0.25, 0.3) is 0 Å². The van der Waals surface area contributed by atoms with Gasteiger partial charge in [-0.05, 0) is 50.9 Å². The van der Waals surface area contributed by atoms with E-state index in [-0.39, 0.29) is 5.78 Å². The minimum absolute atomic E-state index is 0.0391. The number of fused-ring (bicyclic) bond motifs is 2. The van der Waals surface area contributed by atoms with Crippen LogP contribution in [0.4, 0.5) is 0 Å². The lowest BCUT2D eigenvalue weighted by Crippen LogP contribution is -2.48. The number of likely N-dealkylation sites (tertiary alicyclic amines) is 1. The van der Waals surface area contributed by atoms with Crippen LogP contribution in [-0.4, -0.2) is 41.9 Å². The summed E-state index contributed by atoms with van der Waals surface area (Å²) in [6, 6.07) is 7.21. The Morgan fingerprint density at radius 2 is 2.24 bits per heavy atom. The molecule has 0 saturated carbocycles. The normalized spacial score (nSPS) is 26.5. The molecule has 25 heavy (non-hydrogen) atoms. The SMILES string of the molecule is CC(=O)/C=C(/C)OC[C@@H]1CC2c3cccc4[nH]cc(c34)C[C@H]2N(C)C1. The molecular formula is C21H26N2O2. The molecule has 4 heteroatoms. The highest BCUT2D eigenvalue weighted by Crippen LogP contribution is 2.44. The maximum atomic E-state index is 11.2. The van der Waals surface area contributed by atoms with Gasteiger partial charge >= 0.3 is 0 Å². The fourth-order valence-corrected chi connectivity index (χ4v) is 4.75. The average molecular weight is 338 g/mol. The zero-order valence-electron chi connectivity index (χ0n) is 15.2. The molecule has 3 atom stereocenters. The maximum absolute atomic E-state index is 11.2. The molecule has 1 N–H and O–H groups in total. The topological polar surface area (TPSA) is 45.3 Å². The van der Waals surface area contributed by atoms with Gasteiger partial charge in [0.2, 0.25) is 0 Å². The molecule has 1 unspecified atom stereocenters. The van der Waals surface area contributed by atoms with Crippen molar-refractivity contribution in [2.45, 2.75) is 38.6 Å². The number of carbonyl (C=O) groups excluding carboxylic acids is 1. The Balaban J connectivity index is 1.56. The van der Waals surface area contributed by atoms with Gasteiger partial charge in [-0.25, -0.2) is 0 Å². The average Bonchev–Trinajstić information content (AvgIpc) is 2.98. The molecule has 1 aliphatic carbocycles. The summed E-state index contributed by atoms with van der Waals surface area (Å²) in [7, 11) is 2.24. The molecule has 0 radical (unpaired) electrons. The van der Waals surface area contributed by atoms with Crippen molar-refractivity contribution in [1.29, 1.82) is 0 Å². The van der Waals surface area contributed by atoms with Gasteiger partial charge in [0.1, 0.15) is 0 Å². The van der Waals surface area contributed by atoms with Crippen LogP contribution in [-0.2, 0) is 16.0 Å². The zero-order chi connectivity index (χ0) is 17.6. The molecule has 132 valence electrons. The smallest absolute Gasteiger partial charge is 0.155 e. The Hall–Kier alpha value is -2.07. The predicted molar refractivity (Wildman–Crippen MR) is 99.7 cm³/mol. The first kappa shape index (κ1) is 16.4. The third kappa shape index (κ3) is 2.99. The van der Waals surface area contributed by atoms with Gasteiger partial charge in [0, 0.05) is 47.6 Å². The van der Waals surface area contributed by atoms with Crippen LogP contribution in [0.25, 0.3) is 10.9 Å². The summed E-state index contributed by atoms with van der Waals surface area (Å²) in [6.07, 6.45) is 6.02. The van der Waals surface area contributed by atoms with Crippen LogP contribution >= 0.6 is 0 Å². The zero-order valence-corrected chi connectivity index (χ0v) is 15.2. The Kier molecular flexibility index (Phi) is 4.16. The fraction of sp³-hybridized carbons (Fsp3) is 0.476. The van der Waals surface area contributed by atoms with Crippen LogP contribution in [0.2, 0.25) is 0 Å². The van der Waals surface area contributed by atoms with E-state index in [1.807, 2.05) is 6.92 Å². The lowest BCUT2D eigenvalue weighted by molar-refractivity contribution is -0.112. The number of nitrogens with zero attached hydrogens (tertiary/aromatic N) is 1. The molecular weight excluding hydrogens is 312 g/mol. The van der Waals surface area contributed by atoms with Crippen molar-refractivity contribution in [3.63, 3.8) is 0 Å². The number of aromatic amines is 1. The Labute approximate surface area is 148 Å². The monoisotopic (exact) mass is 338 g/mol. The number of rotatable bonds is 4. The van der Waals surface area contributed by atoms with E-state index in [2.05, 4.69) is 41.3 Å². The molecule has 2 aromatic rings. The van der Waals surface area contributed by atoms with Crippen molar-refractivity contribution in [3.8, 4) is 0 Å². The van der Waals surface area contributed by atoms with Crippen molar-refractivity contribution in [3.05, 3.63) is 47.4 Å². The summed E-state index contributed by atoms with van der Waals surface area (Å²) in [6.45, 7) is 5.15. The Bertz CT molecular complexity index is 836. The van der Waals surface area contributed by atoms with Gasteiger partial charge in [0.15, 0.2) is 5.78 Å². The molecule has 1 aliphatic heterocycles. The maximum Gasteiger partial charge on any atom is 0.155 e. The summed E-state index contributed by atoms with van der Waals surface area (Å²) < 4.78 is 5.86. The lowest BCUT2D eigenvalue weighted by Gasteiger charge is -2.45. The van der Waals surface area contributed by atoms with E-state index in [4.69, 9.17) is 4.74 Å². The van der Waals surface area contributed by atoms with Crippen LogP contribution in [0.5, 0.6) is 0 Å². The van der Waals surface area contributed by atoms with Gasteiger partial charge in [-0.3, -0.25) is 4.79 Å². The highest BCUT2D eigenvalue weighted by Gasteiger charge is 2.39. The van der Waals surface area contributed by atoms with Gasteiger partial charge in [0.05, 0.1) is 12.4 Å². The van der Waals surface area contributed by atoms with Gasteiger partial charge in [-0.15, -0.1) is 0 Å². The number of hydrogen-bond acceptors (Lipinski definition) is 3. The number of likely N-dealkylation sites (N-methyl/N-ethyl adjacent to an activating group) is 1. The van der Waals surface area contributed by atoms with Gasteiger partial charge in [-0.1, -0.05) is 12.1 Å². The fourth-order valence-electron chi connectivity index (χ4n) is 4.75. The molecule has 4 rings (SSSR count). The highest BCUT2D eigenvalue weighted by atomic mass is 16.5. The first-order chi connectivity index (χ1) is 12.0. The van der Waals surface area contributed by atoms with Crippen molar-refractivity contribution in [2.75, 3.05) is 20.2 Å². The van der Waals surface area contributed by atoms with Crippen LogP contribution in [0.3, 0.4) is 0 Å². The second kappa shape index (κ2) is 6.34. The summed E-state index contributed by atoms with van der Waals surface area (Å²) in [5, 5.41) is 1.44. The Morgan fingerprint density at radius 3 is 3.04 bits per heavy atom. The van der Waals surface area contributed by atoms with Crippen LogP contribution in [0.1, 0.15) is 37.3 Å². The first-order valence-electron chi connectivity index (χ1n) is 9.13. The van der Waals surface area contributed by atoms with Gasteiger partial charge < -0.3 is 14.6 Å². The number of carbonyl (C=O) groups is 1. The number of H-pyrrole nitrogens is 1. The number of ether oxygens (including phenoxy) is 1. The molecule has 1 fully saturated rings. The molecule has 2 aliphatic rings. The summed E-state index contributed by atoms with van der Waals surface area (Å²) >= 11 is 0. The van der Waals surface area contributed by atoms with Crippen molar-refractivity contribution >= 4 is 16.7 Å². The third-order valence-corrected chi connectivity index (χ3v) is 5.77. The van der Waals surface area contributed by atoms with Crippen LogP contribution in [0, 0.1) is 5.92 Å². The highest BCUT2D eigenvalue weighted by molar-refractivity contribution is 5.88. The minimum atomic E-state index is 0.0391. The van der Waals surface area contributed by atoms with Crippen LogP contribution in [0.15, 0.2) is 36.2 Å². The molecule has 1 aromatic carbocycles. The molecule has 1 aromatic heterocycles. The molecule has 2 heterocycles. The third-order valence-electron chi connectivity index (χ3n) is 5.77. The van der Waals surface area contributed by atoms with Crippen molar-refractivity contribution in [1.82, 2.24) is 9.88 Å². The number of nitrogens with one attached hydrogen (secondary N) is 1. The number of ketones is 1. The largest absolute Gasteiger partial charge is 0.498 e. The summed E-state index contributed by atoms with van der Waals surface area (Å²) in [5.41, 5.74) is 4.19. The van der Waals surface area contributed by atoms with E-state index in [9.17, 15) is 4.79 Å². The number of benzene rings is 1. The van der Waals surface area contributed by atoms with E-state index in [0.29, 0.717) is 24.5 Å². The number of hydrogen-bond donors (Lipinski definition) is 1. The molecule has 0 bridgehead atoms. The molecule has 0 spiro atoms. The standard InChI is InChI=1S/C21H26N2O2/c1-13(24)7-14(2)25-12-15-8-18-17-5-4-6-19-21(17)16(10-22-19)9-20(18)23(3)11-15/h4-7,10,15,18,20,22H,8-9,11-12H2,1-3H3/b14-7-/t15-,18?,20-/m1/s1. The summed E-state index contributed by atoms with van der Waals surface area (Å²) in [4.78, 5) is 17.1. The van der Waals surface area contributed by atoms with E-state index in [1.54, 1.807) is 13.0 Å². The van der Waals surface area contributed by atoms with Gasteiger partial charge in [-0.2, -0.15) is 0 Å². The van der Waals surface area contributed by atoms with Crippen molar-refractivity contribution in [2.24, 2.45) is 5.92 Å².